The number of para-hydroxylation sites is 1. The summed E-state index contributed by atoms with van der Waals surface area (Å²) in [6, 6.07) is 12.2. The number of hydrogen-bond donors (Lipinski definition) is 0. The van der Waals surface area contributed by atoms with Crippen molar-refractivity contribution in [3.05, 3.63) is 72.6 Å². The van der Waals surface area contributed by atoms with E-state index < -0.39 is 11.7 Å². The monoisotopic (exact) mass is 473 g/mol. The van der Waals surface area contributed by atoms with Crippen LogP contribution in [0.4, 0.5) is 13.2 Å². The minimum absolute atomic E-state index is 0.0824. The maximum Gasteiger partial charge on any atom is 0.416 e. The first kappa shape index (κ1) is 22.6. The number of ether oxygens (including phenoxy) is 1. The molecule has 11 heteroatoms. The number of halogens is 3. The van der Waals surface area contributed by atoms with E-state index in [1.54, 1.807) is 13.2 Å². The maximum absolute atomic E-state index is 13.0. The number of hydrogen-bond acceptors (Lipinski definition) is 7. The van der Waals surface area contributed by atoms with Gasteiger partial charge in [-0.25, -0.2) is 0 Å². The molecular formula is C22H18F3N5O2S. The van der Waals surface area contributed by atoms with Crippen LogP contribution in [0.25, 0.3) is 22.8 Å². The summed E-state index contributed by atoms with van der Waals surface area (Å²) in [5, 5.41) is 13.0. The molecule has 0 saturated carbocycles. The van der Waals surface area contributed by atoms with Crippen LogP contribution in [-0.2, 0) is 18.5 Å². The van der Waals surface area contributed by atoms with Crippen molar-refractivity contribution in [1.82, 2.24) is 24.9 Å². The zero-order valence-corrected chi connectivity index (χ0v) is 18.2. The molecular weight excluding hydrogens is 455 g/mol. The van der Waals surface area contributed by atoms with E-state index in [2.05, 4.69) is 26.9 Å². The standard InChI is InChI=1S/C22H18F3N5O2S/c1-3-11-30-20(16-9-4-5-10-17(16)31-2)27-28-21(30)33-13-18-26-19(29-32-18)14-7-6-8-15(12-14)22(23,24)25/h3-10,12H,1,11,13H2,2H3. The summed E-state index contributed by atoms with van der Waals surface area (Å²) >= 11 is 1.31. The van der Waals surface area contributed by atoms with Crippen LogP contribution in [0.5, 0.6) is 5.75 Å². The molecule has 0 spiro atoms. The van der Waals surface area contributed by atoms with Crippen LogP contribution in [0, 0.1) is 0 Å². The lowest BCUT2D eigenvalue weighted by molar-refractivity contribution is -0.137. The summed E-state index contributed by atoms with van der Waals surface area (Å²) in [5.41, 5.74) is 0.228. The van der Waals surface area contributed by atoms with Crippen molar-refractivity contribution < 1.29 is 22.4 Å². The first-order valence-electron chi connectivity index (χ1n) is 9.71. The van der Waals surface area contributed by atoms with E-state index in [-0.39, 0.29) is 23.0 Å². The fourth-order valence-electron chi connectivity index (χ4n) is 3.11. The van der Waals surface area contributed by atoms with Crippen molar-refractivity contribution >= 4 is 11.8 Å². The molecule has 2 heterocycles. The summed E-state index contributed by atoms with van der Waals surface area (Å²) in [6.45, 7) is 4.26. The topological polar surface area (TPSA) is 78.9 Å². The van der Waals surface area contributed by atoms with Crippen molar-refractivity contribution in [2.75, 3.05) is 7.11 Å². The molecule has 0 aliphatic carbocycles. The van der Waals surface area contributed by atoms with Crippen molar-refractivity contribution in [3.8, 4) is 28.5 Å². The summed E-state index contributed by atoms with van der Waals surface area (Å²) in [5.74, 6) is 1.87. The average molecular weight is 473 g/mol. The minimum Gasteiger partial charge on any atom is -0.496 e. The third kappa shape index (κ3) is 4.92. The molecule has 0 unspecified atom stereocenters. The molecule has 0 N–H and O–H groups in total. The average Bonchev–Trinajstić information content (AvgIpc) is 3.45. The van der Waals surface area contributed by atoms with Crippen LogP contribution in [0.1, 0.15) is 11.5 Å². The number of aromatic nitrogens is 5. The highest BCUT2D eigenvalue weighted by Gasteiger charge is 2.30. The highest BCUT2D eigenvalue weighted by Crippen LogP contribution is 2.33. The Hall–Kier alpha value is -3.60. The molecule has 0 atom stereocenters. The van der Waals surface area contributed by atoms with Gasteiger partial charge in [-0.15, -0.1) is 16.8 Å². The van der Waals surface area contributed by atoms with Gasteiger partial charge in [0, 0.05) is 12.1 Å². The van der Waals surface area contributed by atoms with Crippen LogP contribution in [-0.4, -0.2) is 32.0 Å². The molecule has 7 nitrogen and oxygen atoms in total. The van der Waals surface area contributed by atoms with Gasteiger partial charge in [0.15, 0.2) is 11.0 Å². The summed E-state index contributed by atoms with van der Waals surface area (Å²) in [4.78, 5) is 4.22. The van der Waals surface area contributed by atoms with Gasteiger partial charge in [0.25, 0.3) is 0 Å². The van der Waals surface area contributed by atoms with E-state index in [4.69, 9.17) is 9.26 Å². The van der Waals surface area contributed by atoms with Crippen molar-refractivity contribution in [2.45, 2.75) is 23.6 Å². The Bertz CT molecular complexity index is 1270. The van der Waals surface area contributed by atoms with Crippen LogP contribution in [0.2, 0.25) is 0 Å². The minimum atomic E-state index is -4.45. The van der Waals surface area contributed by atoms with Gasteiger partial charge >= 0.3 is 6.18 Å². The van der Waals surface area contributed by atoms with Crippen LogP contribution in [0.3, 0.4) is 0 Å². The SMILES string of the molecule is C=CCn1c(SCc2nc(-c3cccc(C(F)(F)F)c3)no2)nnc1-c1ccccc1OC. The van der Waals surface area contributed by atoms with Gasteiger partial charge in [-0.05, 0) is 24.3 Å². The largest absolute Gasteiger partial charge is 0.496 e. The van der Waals surface area contributed by atoms with Gasteiger partial charge in [-0.1, -0.05) is 47.3 Å². The van der Waals surface area contributed by atoms with E-state index in [0.29, 0.717) is 23.3 Å². The molecule has 0 saturated heterocycles. The molecule has 4 rings (SSSR count). The third-order valence-electron chi connectivity index (χ3n) is 4.62. The lowest BCUT2D eigenvalue weighted by Crippen LogP contribution is -2.04. The van der Waals surface area contributed by atoms with Gasteiger partial charge in [-0.3, -0.25) is 4.57 Å². The molecule has 170 valence electrons. The second-order valence-electron chi connectivity index (χ2n) is 6.78. The Kier molecular flexibility index (Phi) is 6.50. The fourth-order valence-corrected chi connectivity index (χ4v) is 3.89. The normalized spacial score (nSPS) is 11.5. The second-order valence-corrected chi connectivity index (χ2v) is 7.73. The lowest BCUT2D eigenvalue weighted by Gasteiger charge is -2.10. The summed E-state index contributed by atoms with van der Waals surface area (Å²) in [6.07, 6.45) is -2.72. The smallest absolute Gasteiger partial charge is 0.416 e. The lowest BCUT2D eigenvalue weighted by atomic mass is 10.1. The highest BCUT2D eigenvalue weighted by molar-refractivity contribution is 7.98. The van der Waals surface area contributed by atoms with E-state index >= 15 is 0 Å². The van der Waals surface area contributed by atoms with Gasteiger partial charge in [-0.2, -0.15) is 18.2 Å². The molecule has 0 fully saturated rings. The molecule has 33 heavy (non-hydrogen) atoms. The van der Waals surface area contributed by atoms with Gasteiger partial charge < -0.3 is 9.26 Å². The summed E-state index contributed by atoms with van der Waals surface area (Å²) in [7, 11) is 1.58. The Morgan fingerprint density at radius 3 is 2.73 bits per heavy atom. The zero-order valence-electron chi connectivity index (χ0n) is 17.4. The Balaban J connectivity index is 1.54. The number of rotatable bonds is 8. The number of thioether (sulfide) groups is 1. The first-order chi connectivity index (χ1) is 15.9. The number of alkyl halides is 3. The Labute approximate surface area is 191 Å². The number of allylic oxidation sites excluding steroid dienone is 1. The van der Waals surface area contributed by atoms with E-state index in [0.717, 1.165) is 17.7 Å². The van der Waals surface area contributed by atoms with Gasteiger partial charge in [0.1, 0.15) is 5.75 Å². The quantitative estimate of drug-likeness (QED) is 0.247. The molecule has 0 amide bonds. The Morgan fingerprint density at radius 1 is 1.15 bits per heavy atom. The van der Waals surface area contributed by atoms with E-state index in [1.807, 2.05) is 28.8 Å². The van der Waals surface area contributed by atoms with Gasteiger partial charge in [0.05, 0.1) is 24.0 Å². The molecule has 0 bridgehead atoms. The summed E-state index contributed by atoms with van der Waals surface area (Å²) < 4.78 is 51.5. The predicted octanol–water partition coefficient (Wildman–Crippen LogP) is 5.50. The zero-order chi connectivity index (χ0) is 23.4. The van der Waals surface area contributed by atoms with Crippen molar-refractivity contribution in [2.24, 2.45) is 0 Å². The third-order valence-corrected chi connectivity index (χ3v) is 5.57. The number of nitrogens with zero attached hydrogens (tertiary/aromatic N) is 5. The number of benzene rings is 2. The van der Waals surface area contributed by atoms with Crippen molar-refractivity contribution in [3.63, 3.8) is 0 Å². The van der Waals surface area contributed by atoms with Crippen LogP contribution >= 0.6 is 11.8 Å². The molecule has 0 radical (unpaired) electrons. The molecule has 2 aromatic carbocycles. The highest BCUT2D eigenvalue weighted by atomic mass is 32.2. The maximum atomic E-state index is 13.0. The number of methoxy groups -OCH3 is 1. The van der Waals surface area contributed by atoms with E-state index in [9.17, 15) is 13.2 Å². The van der Waals surface area contributed by atoms with Crippen LogP contribution < -0.4 is 4.74 Å². The van der Waals surface area contributed by atoms with Gasteiger partial charge in [0.2, 0.25) is 11.7 Å². The fraction of sp³-hybridized carbons (Fsp3) is 0.182. The molecule has 4 aromatic rings. The molecule has 2 aromatic heterocycles. The first-order valence-corrected chi connectivity index (χ1v) is 10.7. The second kappa shape index (κ2) is 9.49. The molecule has 0 aliphatic heterocycles. The predicted molar refractivity (Wildman–Crippen MR) is 117 cm³/mol. The molecule has 0 aliphatic rings. The van der Waals surface area contributed by atoms with E-state index in [1.165, 1.54) is 23.9 Å². The Morgan fingerprint density at radius 2 is 1.97 bits per heavy atom. The van der Waals surface area contributed by atoms with Crippen molar-refractivity contribution in [1.29, 1.82) is 0 Å². The van der Waals surface area contributed by atoms with Crippen LogP contribution in [0.15, 0.2) is 70.9 Å².